The number of carbonyl (C=O) groups is 1. The number of morpholine rings is 1. The van der Waals surface area contributed by atoms with Crippen molar-refractivity contribution in [3.63, 3.8) is 0 Å². The lowest BCUT2D eigenvalue weighted by Crippen LogP contribution is -2.46. The summed E-state index contributed by atoms with van der Waals surface area (Å²) in [6, 6.07) is -0.501. The van der Waals surface area contributed by atoms with E-state index in [9.17, 15) is 4.79 Å². The predicted octanol–water partition coefficient (Wildman–Crippen LogP) is -1.36. The molecule has 0 saturated carbocycles. The molecule has 0 radical (unpaired) electrons. The Morgan fingerprint density at radius 2 is 2.64 bits per heavy atom. The van der Waals surface area contributed by atoms with Crippen LogP contribution in [0.3, 0.4) is 0 Å². The molecule has 5 nitrogen and oxygen atoms in total. The van der Waals surface area contributed by atoms with Crippen LogP contribution in [0, 0.1) is 0 Å². The van der Waals surface area contributed by atoms with Crippen LogP contribution in [0.25, 0.3) is 0 Å². The van der Waals surface area contributed by atoms with E-state index in [0.29, 0.717) is 13.2 Å². The normalized spacial score (nSPS) is 24.5. The highest BCUT2D eigenvalue weighted by molar-refractivity contribution is 5.71. The van der Waals surface area contributed by atoms with Gasteiger partial charge in [-0.2, -0.15) is 0 Å². The van der Waals surface area contributed by atoms with Gasteiger partial charge in [-0.3, -0.25) is 0 Å². The maximum absolute atomic E-state index is 10.3. The highest BCUT2D eigenvalue weighted by Crippen LogP contribution is 1.92. The molecular weight excluding hydrogens is 146 g/mol. The molecule has 1 saturated heterocycles. The van der Waals surface area contributed by atoms with Crippen LogP contribution in [0.2, 0.25) is 0 Å². The second-order valence-corrected chi connectivity index (χ2v) is 2.44. The smallest absolute Gasteiger partial charge is 0.312 e. The molecular formula is C6H13N3O2. The van der Waals surface area contributed by atoms with Crippen LogP contribution in [0.1, 0.15) is 0 Å². The number of ether oxygens (including phenoxy) is 1. The second kappa shape index (κ2) is 4.15. The van der Waals surface area contributed by atoms with Gasteiger partial charge in [0.25, 0.3) is 0 Å². The molecule has 1 heterocycles. The molecule has 0 bridgehead atoms. The van der Waals surface area contributed by atoms with E-state index in [4.69, 9.17) is 10.5 Å². The largest absolute Gasteiger partial charge is 0.374 e. The summed E-state index contributed by atoms with van der Waals surface area (Å²) >= 11 is 0. The van der Waals surface area contributed by atoms with Crippen LogP contribution in [0.4, 0.5) is 4.79 Å². The minimum absolute atomic E-state index is 0.0660. The summed E-state index contributed by atoms with van der Waals surface area (Å²) in [4.78, 5) is 10.3. The number of nitrogens with one attached hydrogen (secondary N) is 2. The Morgan fingerprint density at radius 3 is 3.18 bits per heavy atom. The van der Waals surface area contributed by atoms with Gasteiger partial charge >= 0.3 is 6.03 Å². The van der Waals surface area contributed by atoms with Crippen molar-refractivity contribution >= 4 is 6.03 Å². The van der Waals surface area contributed by atoms with Gasteiger partial charge < -0.3 is 21.1 Å². The monoisotopic (exact) mass is 159 g/mol. The Hall–Kier alpha value is -0.810. The van der Waals surface area contributed by atoms with Gasteiger partial charge in [0.15, 0.2) is 0 Å². The second-order valence-electron chi connectivity index (χ2n) is 2.44. The highest BCUT2D eigenvalue weighted by Gasteiger charge is 2.12. The summed E-state index contributed by atoms with van der Waals surface area (Å²) in [6.07, 6.45) is 0.0660. The van der Waals surface area contributed by atoms with Crippen molar-refractivity contribution < 1.29 is 9.53 Å². The van der Waals surface area contributed by atoms with Crippen molar-refractivity contribution in [1.82, 2.24) is 10.6 Å². The quantitative estimate of drug-likeness (QED) is 0.466. The van der Waals surface area contributed by atoms with Crippen LogP contribution in [0.5, 0.6) is 0 Å². The summed E-state index contributed by atoms with van der Waals surface area (Å²) in [7, 11) is 0. The molecule has 5 heteroatoms. The van der Waals surface area contributed by atoms with Gasteiger partial charge in [-0.05, 0) is 0 Å². The average Bonchev–Trinajstić information content (AvgIpc) is 2.03. The van der Waals surface area contributed by atoms with Gasteiger partial charge in [-0.1, -0.05) is 0 Å². The summed E-state index contributed by atoms with van der Waals surface area (Å²) in [5, 5.41) is 5.63. The molecule has 2 amide bonds. The SMILES string of the molecule is NC(=O)NCC1CNCCO1. The Morgan fingerprint density at radius 1 is 1.82 bits per heavy atom. The number of carbonyl (C=O) groups excluding carboxylic acids is 1. The molecule has 4 N–H and O–H groups in total. The molecule has 1 aliphatic heterocycles. The Labute approximate surface area is 65.3 Å². The molecule has 0 aromatic carbocycles. The molecule has 1 atom stereocenters. The average molecular weight is 159 g/mol. The molecule has 64 valence electrons. The van der Waals surface area contributed by atoms with E-state index < -0.39 is 6.03 Å². The predicted molar refractivity (Wildman–Crippen MR) is 40.2 cm³/mol. The fourth-order valence-electron chi connectivity index (χ4n) is 0.965. The van der Waals surface area contributed by atoms with E-state index in [1.165, 1.54) is 0 Å². The summed E-state index contributed by atoms with van der Waals surface area (Å²) < 4.78 is 5.30. The van der Waals surface area contributed by atoms with Crippen molar-refractivity contribution in [2.24, 2.45) is 5.73 Å². The molecule has 0 aromatic heterocycles. The topological polar surface area (TPSA) is 76.4 Å². The fraction of sp³-hybridized carbons (Fsp3) is 0.833. The third-order valence-corrected chi connectivity index (χ3v) is 1.51. The zero-order valence-electron chi connectivity index (χ0n) is 6.30. The summed E-state index contributed by atoms with van der Waals surface area (Å²) in [6.45, 7) is 2.85. The maximum atomic E-state index is 10.3. The molecule has 1 fully saturated rings. The number of urea groups is 1. The van der Waals surface area contributed by atoms with E-state index in [1.54, 1.807) is 0 Å². The Kier molecular flexibility index (Phi) is 3.13. The van der Waals surface area contributed by atoms with Crippen LogP contribution < -0.4 is 16.4 Å². The first-order chi connectivity index (χ1) is 5.29. The standard InChI is InChI=1S/C6H13N3O2/c7-6(10)9-4-5-3-8-1-2-11-5/h5,8H,1-4H2,(H3,7,9,10). The highest BCUT2D eigenvalue weighted by atomic mass is 16.5. The van der Waals surface area contributed by atoms with Crippen LogP contribution in [-0.2, 0) is 4.74 Å². The number of amides is 2. The lowest BCUT2D eigenvalue weighted by atomic mass is 10.3. The molecule has 11 heavy (non-hydrogen) atoms. The molecule has 1 aliphatic rings. The van der Waals surface area contributed by atoms with Crippen molar-refractivity contribution in [2.75, 3.05) is 26.2 Å². The number of hydrogen-bond donors (Lipinski definition) is 3. The van der Waals surface area contributed by atoms with Crippen molar-refractivity contribution in [1.29, 1.82) is 0 Å². The molecule has 0 aliphatic carbocycles. The first-order valence-corrected chi connectivity index (χ1v) is 3.64. The van der Waals surface area contributed by atoms with Gasteiger partial charge in [0.2, 0.25) is 0 Å². The van der Waals surface area contributed by atoms with Gasteiger partial charge in [0.05, 0.1) is 12.7 Å². The van der Waals surface area contributed by atoms with Gasteiger partial charge in [-0.25, -0.2) is 4.79 Å². The lowest BCUT2D eigenvalue weighted by molar-refractivity contribution is 0.0309. The summed E-state index contributed by atoms with van der Waals surface area (Å²) in [5.74, 6) is 0. The van der Waals surface area contributed by atoms with Crippen molar-refractivity contribution in [3.8, 4) is 0 Å². The molecule has 1 rings (SSSR count). The number of hydrogen-bond acceptors (Lipinski definition) is 3. The van der Waals surface area contributed by atoms with E-state index in [0.717, 1.165) is 13.1 Å². The van der Waals surface area contributed by atoms with E-state index in [2.05, 4.69) is 10.6 Å². The summed E-state index contributed by atoms with van der Waals surface area (Å²) in [5.41, 5.74) is 4.88. The third kappa shape index (κ3) is 3.20. The van der Waals surface area contributed by atoms with Gasteiger partial charge in [-0.15, -0.1) is 0 Å². The maximum Gasteiger partial charge on any atom is 0.312 e. The Balaban J connectivity index is 2.09. The van der Waals surface area contributed by atoms with Crippen molar-refractivity contribution in [2.45, 2.75) is 6.10 Å². The molecule has 0 spiro atoms. The zero-order valence-corrected chi connectivity index (χ0v) is 6.30. The molecule has 1 unspecified atom stereocenters. The third-order valence-electron chi connectivity index (χ3n) is 1.51. The van der Waals surface area contributed by atoms with E-state index in [1.807, 2.05) is 0 Å². The first kappa shape index (κ1) is 8.29. The van der Waals surface area contributed by atoms with Crippen LogP contribution in [-0.4, -0.2) is 38.4 Å². The van der Waals surface area contributed by atoms with Crippen LogP contribution >= 0.6 is 0 Å². The van der Waals surface area contributed by atoms with E-state index >= 15 is 0 Å². The fourth-order valence-corrected chi connectivity index (χ4v) is 0.965. The minimum Gasteiger partial charge on any atom is -0.374 e. The number of rotatable bonds is 2. The molecule has 0 aromatic rings. The first-order valence-electron chi connectivity index (χ1n) is 3.64. The zero-order chi connectivity index (χ0) is 8.10. The number of primary amides is 1. The minimum atomic E-state index is -0.501. The van der Waals surface area contributed by atoms with Gasteiger partial charge in [0, 0.05) is 19.6 Å². The number of nitrogens with two attached hydrogens (primary N) is 1. The van der Waals surface area contributed by atoms with E-state index in [-0.39, 0.29) is 6.10 Å². The van der Waals surface area contributed by atoms with Crippen LogP contribution in [0.15, 0.2) is 0 Å². The Bertz CT molecular complexity index is 134. The van der Waals surface area contributed by atoms with Gasteiger partial charge in [0.1, 0.15) is 0 Å². The van der Waals surface area contributed by atoms with Crippen molar-refractivity contribution in [3.05, 3.63) is 0 Å². The lowest BCUT2D eigenvalue weighted by Gasteiger charge is -2.23.